The van der Waals surface area contributed by atoms with Gasteiger partial charge in [-0.15, -0.1) is 0 Å². The van der Waals surface area contributed by atoms with Crippen LogP contribution in [-0.2, 0) is 0 Å². The smallest absolute Gasteiger partial charge is 0.0574 e. The zero-order valence-corrected chi connectivity index (χ0v) is 13.3. The van der Waals surface area contributed by atoms with E-state index in [1.807, 2.05) is 0 Å². The van der Waals surface area contributed by atoms with Gasteiger partial charge in [0.15, 0.2) is 0 Å². The zero-order valence-electron chi connectivity index (χ0n) is 13.3. The Balaban J connectivity index is 1.58. The van der Waals surface area contributed by atoms with Crippen molar-refractivity contribution in [3.05, 3.63) is 29.8 Å². The summed E-state index contributed by atoms with van der Waals surface area (Å²) in [5, 5.41) is 13.3. The first-order valence-corrected chi connectivity index (χ1v) is 8.42. The van der Waals surface area contributed by atoms with E-state index in [-0.39, 0.29) is 6.10 Å². The van der Waals surface area contributed by atoms with Crippen LogP contribution in [0.2, 0.25) is 0 Å². The van der Waals surface area contributed by atoms with Crippen molar-refractivity contribution in [3.8, 4) is 0 Å². The summed E-state index contributed by atoms with van der Waals surface area (Å²) in [6, 6.07) is 10.00. The number of piperidine rings is 1. The minimum atomic E-state index is -0.103. The Morgan fingerprint density at radius 2 is 1.67 bits per heavy atom. The summed E-state index contributed by atoms with van der Waals surface area (Å²) in [7, 11) is 0. The Bertz CT molecular complexity index is 447. The average Bonchev–Trinajstić information content (AvgIpc) is 3.33. The summed E-state index contributed by atoms with van der Waals surface area (Å²) in [6.07, 6.45) is 4.45. The lowest BCUT2D eigenvalue weighted by atomic mass is 10.0. The summed E-state index contributed by atoms with van der Waals surface area (Å²) in [6.45, 7) is 6.49. The van der Waals surface area contributed by atoms with Crippen LogP contribution in [0, 0.1) is 5.92 Å². The number of hydrogen-bond donors (Lipinski definition) is 2. The molecule has 0 bridgehead atoms. The molecule has 1 aromatic rings. The number of nitrogens with one attached hydrogen (secondary N) is 1. The van der Waals surface area contributed by atoms with Crippen molar-refractivity contribution in [1.29, 1.82) is 0 Å². The second-order valence-electron chi connectivity index (χ2n) is 6.82. The van der Waals surface area contributed by atoms with E-state index in [2.05, 4.69) is 48.3 Å². The van der Waals surface area contributed by atoms with Gasteiger partial charge < -0.3 is 15.3 Å². The van der Waals surface area contributed by atoms with E-state index < -0.39 is 0 Å². The highest BCUT2D eigenvalue weighted by Crippen LogP contribution is 2.33. The molecule has 2 N–H and O–H groups in total. The molecule has 2 fully saturated rings. The van der Waals surface area contributed by atoms with Gasteiger partial charge in [-0.2, -0.15) is 0 Å². The Kier molecular flexibility index (Phi) is 4.51. The number of benzene rings is 1. The largest absolute Gasteiger partial charge is 0.393 e. The molecule has 21 heavy (non-hydrogen) atoms. The van der Waals surface area contributed by atoms with Crippen LogP contribution >= 0.6 is 0 Å². The van der Waals surface area contributed by atoms with E-state index in [0.717, 1.165) is 31.8 Å². The molecule has 1 aliphatic carbocycles. The standard InChI is InChI=1S/C18H28N2O/c1-13(15-3-4-15)19-14(2)16-5-7-17(8-6-16)20-11-9-18(21)10-12-20/h5-8,13-15,18-19,21H,3-4,9-12H2,1-2H3. The van der Waals surface area contributed by atoms with Crippen molar-refractivity contribution in [2.45, 2.75) is 57.7 Å². The molecule has 1 saturated heterocycles. The van der Waals surface area contributed by atoms with Crippen molar-refractivity contribution in [1.82, 2.24) is 5.32 Å². The van der Waals surface area contributed by atoms with E-state index in [1.165, 1.54) is 24.1 Å². The van der Waals surface area contributed by atoms with E-state index in [9.17, 15) is 5.11 Å². The lowest BCUT2D eigenvalue weighted by Crippen LogP contribution is -2.35. The molecule has 3 rings (SSSR count). The second kappa shape index (κ2) is 6.37. The van der Waals surface area contributed by atoms with Gasteiger partial charge in [0.25, 0.3) is 0 Å². The van der Waals surface area contributed by atoms with Crippen molar-refractivity contribution in [2.75, 3.05) is 18.0 Å². The summed E-state index contributed by atoms with van der Waals surface area (Å²) >= 11 is 0. The van der Waals surface area contributed by atoms with Gasteiger partial charge in [0.05, 0.1) is 6.10 Å². The summed E-state index contributed by atoms with van der Waals surface area (Å²) < 4.78 is 0. The van der Waals surface area contributed by atoms with Gasteiger partial charge in [-0.25, -0.2) is 0 Å². The fraction of sp³-hybridized carbons (Fsp3) is 0.667. The van der Waals surface area contributed by atoms with Gasteiger partial charge in [-0.05, 0) is 63.1 Å². The van der Waals surface area contributed by atoms with Crippen molar-refractivity contribution in [3.63, 3.8) is 0 Å². The number of aliphatic hydroxyl groups is 1. The maximum atomic E-state index is 9.59. The maximum Gasteiger partial charge on any atom is 0.0574 e. The highest BCUT2D eigenvalue weighted by Gasteiger charge is 2.28. The first-order chi connectivity index (χ1) is 10.1. The van der Waals surface area contributed by atoms with Crippen molar-refractivity contribution >= 4 is 5.69 Å². The first-order valence-electron chi connectivity index (χ1n) is 8.42. The third-order valence-corrected chi connectivity index (χ3v) is 5.06. The second-order valence-corrected chi connectivity index (χ2v) is 6.82. The average molecular weight is 288 g/mol. The van der Waals surface area contributed by atoms with Crippen LogP contribution in [0.1, 0.15) is 51.1 Å². The first kappa shape index (κ1) is 14.9. The topological polar surface area (TPSA) is 35.5 Å². The van der Waals surface area contributed by atoms with Crippen molar-refractivity contribution in [2.24, 2.45) is 5.92 Å². The number of nitrogens with zero attached hydrogens (tertiary/aromatic N) is 1. The minimum Gasteiger partial charge on any atom is -0.393 e. The SMILES string of the molecule is CC(NC(C)C1CC1)c1ccc(N2CCC(O)CC2)cc1. The molecule has 1 aromatic carbocycles. The quantitative estimate of drug-likeness (QED) is 0.874. The highest BCUT2D eigenvalue weighted by atomic mass is 16.3. The van der Waals surface area contributed by atoms with Crippen LogP contribution in [-0.4, -0.2) is 30.3 Å². The Labute approximate surface area is 128 Å². The molecule has 3 nitrogen and oxygen atoms in total. The maximum absolute atomic E-state index is 9.59. The van der Waals surface area contributed by atoms with Crippen LogP contribution in [0.3, 0.4) is 0 Å². The van der Waals surface area contributed by atoms with Crippen LogP contribution < -0.4 is 10.2 Å². The molecule has 0 radical (unpaired) electrons. The molecule has 1 heterocycles. The molecule has 116 valence electrons. The van der Waals surface area contributed by atoms with Gasteiger partial charge in [-0.3, -0.25) is 0 Å². The molecule has 3 heteroatoms. The predicted octanol–water partition coefficient (Wildman–Crippen LogP) is 3.10. The lowest BCUT2D eigenvalue weighted by Gasteiger charge is -2.31. The monoisotopic (exact) mass is 288 g/mol. The molecule has 0 amide bonds. The van der Waals surface area contributed by atoms with Crippen LogP contribution in [0.25, 0.3) is 0 Å². The zero-order chi connectivity index (χ0) is 14.8. The van der Waals surface area contributed by atoms with Crippen LogP contribution in [0.15, 0.2) is 24.3 Å². The molecular formula is C18H28N2O. The third kappa shape index (κ3) is 3.78. The fourth-order valence-electron chi connectivity index (χ4n) is 3.32. The number of hydrogen-bond acceptors (Lipinski definition) is 3. The van der Waals surface area contributed by atoms with E-state index in [1.54, 1.807) is 0 Å². The number of rotatable bonds is 5. The minimum absolute atomic E-state index is 0.103. The summed E-state index contributed by atoms with van der Waals surface area (Å²) in [4.78, 5) is 2.38. The van der Waals surface area contributed by atoms with E-state index >= 15 is 0 Å². The van der Waals surface area contributed by atoms with Crippen molar-refractivity contribution < 1.29 is 5.11 Å². The molecule has 2 atom stereocenters. The van der Waals surface area contributed by atoms with Gasteiger partial charge >= 0.3 is 0 Å². The molecular weight excluding hydrogens is 260 g/mol. The van der Waals surface area contributed by atoms with Gasteiger partial charge in [0.2, 0.25) is 0 Å². The molecule has 2 unspecified atom stereocenters. The third-order valence-electron chi connectivity index (χ3n) is 5.06. The molecule has 0 aromatic heterocycles. The molecule has 0 spiro atoms. The van der Waals surface area contributed by atoms with Crippen LogP contribution in [0.5, 0.6) is 0 Å². The molecule has 1 saturated carbocycles. The highest BCUT2D eigenvalue weighted by molar-refractivity contribution is 5.48. The number of aliphatic hydroxyl groups excluding tert-OH is 1. The van der Waals surface area contributed by atoms with Gasteiger partial charge in [0.1, 0.15) is 0 Å². The Hall–Kier alpha value is -1.06. The van der Waals surface area contributed by atoms with Gasteiger partial charge in [0, 0.05) is 30.9 Å². The predicted molar refractivity (Wildman–Crippen MR) is 87.6 cm³/mol. The molecule has 1 aliphatic heterocycles. The fourth-order valence-corrected chi connectivity index (χ4v) is 3.32. The summed E-state index contributed by atoms with van der Waals surface area (Å²) in [5.74, 6) is 0.895. The Morgan fingerprint density at radius 1 is 1.05 bits per heavy atom. The number of anilines is 1. The molecule has 2 aliphatic rings. The van der Waals surface area contributed by atoms with E-state index in [4.69, 9.17) is 0 Å². The summed E-state index contributed by atoms with van der Waals surface area (Å²) in [5.41, 5.74) is 2.65. The Morgan fingerprint density at radius 3 is 2.24 bits per heavy atom. The van der Waals surface area contributed by atoms with Crippen LogP contribution in [0.4, 0.5) is 5.69 Å². The van der Waals surface area contributed by atoms with Gasteiger partial charge in [-0.1, -0.05) is 12.1 Å². The normalized spacial score (nSPS) is 23.1. The lowest BCUT2D eigenvalue weighted by molar-refractivity contribution is 0.145. The van der Waals surface area contributed by atoms with E-state index in [0.29, 0.717) is 12.1 Å².